The number of piperazine rings is 1. The lowest BCUT2D eigenvalue weighted by atomic mass is 10.0. The molecule has 4 aliphatic heterocycles. The lowest BCUT2D eigenvalue weighted by Gasteiger charge is -2.43. The SMILES string of the molecule is C=C(CN1CCCC1=O)C(=O)N1CCN(c2nc(OC[C@@H]3CCCN3C)nc3c2CCN(c2cccc4cccc(Cl)c24)C3)C[C@@H]1CC#N. The summed E-state index contributed by atoms with van der Waals surface area (Å²) < 4.78 is 6.33. The number of hydrogen-bond donors (Lipinski definition) is 0. The van der Waals surface area contributed by atoms with Gasteiger partial charge in [-0.25, -0.2) is 0 Å². The second-order valence-electron chi connectivity index (χ2n) is 13.6. The highest BCUT2D eigenvalue weighted by molar-refractivity contribution is 6.36. The zero-order chi connectivity index (χ0) is 34.1. The van der Waals surface area contributed by atoms with Gasteiger partial charge in [0.15, 0.2) is 0 Å². The Kier molecular flexibility index (Phi) is 9.61. The molecule has 0 aliphatic carbocycles. The number of ether oxygens (including phenoxy) is 1. The Morgan fingerprint density at radius 3 is 2.63 bits per heavy atom. The molecular formula is C37H43ClN8O3. The molecule has 3 fully saturated rings. The standard InChI is InChI=1S/C37H43ClN8O3/c1-25(21-44-17-6-12-33(44)47)36(48)46-20-19-45(22-27(46)13-15-39)35-29-14-18-43(32-11-4-8-26-7-3-10-30(38)34(26)32)23-31(29)40-37(41-35)49-24-28-9-5-16-42(28)2/h3-4,7-8,10-11,27-28H,1,5-6,9,12-14,16-24H2,2H3/t27-,28-/m0/s1. The normalized spacial score (nSPS) is 21.3. The fourth-order valence-electron chi connectivity index (χ4n) is 7.79. The first kappa shape index (κ1) is 33.1. The number of aromatic nitrogens is 2. The zero-order valence-corrected chi connectivity index (χ0v) is 28.9. The number of likely N-dealkylation sites (tertiary alicyclic amines) is 2. The van der Waals surface area contributed by atoms with E-state index in [0.29, 0.717) is 63.4 Å². The maximum atomic E-state index is 13.6. The number of fused-ring (bicyclic) bond motifs is 2. The quantitative estimate of drug-likeness (QED) is 0.303. The fourth-order valence-corrected chi connectivity index (χ4v) is 8.07. The van der Waals surface area contributed by atoms with Crippen molar-refractivity contribution in [3.8, 4) is 12.1 Å². The van der Waals surface area contributed by atoms with E-state index in [9.17, 15) is 14.9 Å². The number of halogens is 1. The number of hydrogen-bond acceptors (Lipinski definition) is 9. The van der Waals surface area contributed by atoms with Gasteiger partial charge in [-0.05, 0) is 56.8 Å². The van der Waals surface area contributed by atoms with Gasteiger partial charge >= 0.3 is 6.01 Å². The summed E-state index contributed by atoms with van der Waals surface area (Å²) in [6.45, 7) is 9.23. The third kappa shape index (κ3) is 6.77. The Morgan fingerprint density at radius 2 is 1.88 bits per heavy atom. The van der Waals surface area contributed by atoms with Crippen LogP contribution in [0.5, 0.6) is 6.01 Å². The molecule has 1 aromatic heterocycles. The number of rotatable bonds is 9. The van der Waals surface area contributed by atoms with Crippen molar-refractivity contribution >= 4 is 45.7 Å². The van der Waals surface area contributed by atoms with Crippen molar-refractivity contribution in [3.63, 3.8) is 0 Å². The summed E-state index contributed by atoms with van der Waals surface area (Å²) in [5.41, 5.74) is 3.43. The second kappa shape index (κ2) is 14.2. The predicted molar refractivity (Wildman–Crippen MR) is 190 cm³/mol. The van der Waals surface area contributed by atoms with Crippen molar-refractivity contribution in [2.24, 2.45) is 0 Å². The second-order valence-corrected chi connectivity index (χ2v) is 14.0. The van der Waals surface area contributed by atoms with Crippen LogP contribution in [0.3, 0.4) is 0 Å². The summed E-state index contributed by atoms with van der Waals surface area (Å²) in [7, 11) is 2.13. The van der Waals surface area contributed by atoms with E-state index in [0.717, 1.165) is 77.3 Å². The third-order valence-corrected chi connectivity index (χ3v) is 10.8. The zero-order valence-electron chi connectivity index (χ0n) is 28.1. The smallest absolute Gasteiger partial charge is 0.318 e. The van der Waals surface area contributed by atoms with Crippen LogP contribution < -0.4 is 14.5 Å². The van der Waals surface area contributed by atoms with Crippen LogP contribution in [0.1, 0.15) is 43.4 Å². The number of likely N-dealkylation sites (N-methyl/N-ethyl adjacent to an activating group) is 1. The molecule has 3 aromatic rings. The fraction of sp³-hybridized carbons (Fsp3) is 0.486. The maximum absolute atomic E-state index is 13.6. The molecule has 7 rings (SSSR count). The van der Waals surface area contributed by atoms with Crippen LogP contribution in [0, 0.1) is 11.3 Å². The summed E-state index contributed by atoms with van der Waals surface area (Å²) in [6, 6.07) is 14.9. The molecule has 0 bridgehead atoms. The van der Waals surface area contributed by atoms with E-state index < -0.39 is 0 Å². The number of nitrogens with zero attached hydrogens (tertiary/aromatic N) is 8. The lowest BCUT2D eigenvalue weighted by Crippen LogP contribution is -2.56. The predicted octanol–water partition coefficient (Wildman–Crippen LogP) is 4.43. The van der Waals surface area contributed by atoms with E-state index >= 15 is 0 Å². The van der Waals surface area contributed by atoms with Gasteiger partial charge < -0.3 is 29.2 Å². The summed E-state index contributed by atoms with van der Waals surface area (Å²) in [4.78, 5) is 46.2. The van der Waals surface area contributed by atoms with Crippen molar-refractivity contribution in [1.29, 1.82) is 5.26 Å². The van der Waals surface area contributed by atoms with Crippen molar-refractivity contribution in [1.82, 2.24) is 24.7 Å². The van der Waals surface area contributed by atoms with Gasteiger partial charge in [-0.2, -0.15) is 15.2 Å². The highest BCUT2D eigenvalue weighted by Gasteiger charge is 2.36. The number of nitriles is 1. The summed E-state index contributed by atoms with van der Waals surface area (Å²) in [6.07, 6.45) is 4.44. The topological polar surface area (TPSA) is 109 Å². The molecule has 0 spiro atoms. The number of amides is 2. The highest BCUT2D eigenvalue weighted by Crippen LogP contribution is 2.37. The molecule has 5 heterocycles. The van der Waals surface area contributed by atoms with Gasteiger partial charge in [-0.15, -0.1) is 0 Å². The molecule has 11 nitrogen and oxygen atoms in total. The molecule has 3 saturated heterocycles. The highest BCUT2D eigenvalue weighted by atomic mass is 35.5. The molecule has 256 valence electrons. The molecule has 0 radical (unpaired) electrons. The first-order chi connectivity index (χ1) is 23.8. The average molecular weight is 683 g/mol. The molecule has 0 N–H and O–H groups in total. The van der Waals surface area contributed by atoms with Gasteiger partial charge in [0.1, 0.15) is 12.4 Å². The number of benzene rings is 2. The molecule has 4 aliphatic rings. The number of anilines is 2. The van der Waals surface area contributed by atoms with E-state index in [1.54, 1.807) is 9.80 Å². The van der Waals surface area contributed by atoms with Gasteiger partial charge in [0.25, 0.3) is 5.91 Å². The van der Waals surface area contributed by atoms with Gasteiger partial charge in [-0.1, -0.05) is 42.4 Å². The summed E-state index contributed by atoms with van der Waals surface area (Å²) in [5.74, 6) is 0.672. The van der Waals surface area contributed by atoms with Crippen LogP contribution in [0.15, 0.2) is 48.6 Å². The first-order valence-corrected chi connectivity index (χ1v) is 17.7. The van der Waals surface area contributed by atoms with Crippen molar-refractivity contribution < 1.29 is 14.3 Å². The molecule has 2 aromatic carbocycles. The lowest BCUT2D eigenvalue weighted by molar-refractivity contribution is -0.130. The van der Waals surface area contributed by atoms with Gasteiger partial charge in [-0.3, -0.25) is 9.59 Å². The third-order valence-electron chi connectivity index (χ3n) is 10.5. The van der Waals surface area contributed by atoms with E-state index in [1.807, 2.05) is 12.1 Å². The van der Waals surface area contributed by atoms with Crippen molar-refractivity contribution in [3.05, 3.63) is 64.8 Å². The first-order valence-electron chi connectivity index (χ1n) is 17.3. The minimum atomic E-state index is -0.350. The van der Waals surface area contributed by atoms with Crippen LogP contribution >= 0.6 is 11.6 Å². The van der Waals surface area contributed by atoms with Crippen LogP contribution in [0.4, 0.5) is 11.5 Å². The van der Waals surface area contributed by atoms with Crippen molar-refractivity contribution in [2.75, 3.05) is 69.3 Å². The van der Waals surface area contributed by atoms with Crippen LogP contribution in [0.25, 0.3) is 10.8 Å². The van der Waals surface area contributed by atoms with Gasteiger partial charge in [0.05, 0.1) is 42.3 Å². The maximum Gasteiger partial charge on any atom is 0.318 e. The molecule has 49 heavy (non-hydrogen) atoms. The van der Waals surface area contributed by atoms with Crippen LogP contribution in [-0.4, -0.2) is 108 Å². The monoisotopic (exact) mass is 682 g/mol. The minimum absolute atomic E-state index is 0.0561. The van der Waals surface area contributed by atoms with E-state index in [1.165, 1.54) is 0 Å². The largest absolute Gasteiger partial charge is 0.462 e. The van der Waals surface area contributed by atoms with Crippen molar-refractivity contribution in [2.45, 2.75) is 57.2 Å². The van der Waals surface area contributed by atoms with E-state index in [4.69, 9.17) is 26.3 Å². The summed E-state index contributed by atoms with van der Waals surface area (Å²) in [5, 5.41) is 12.6. The molecule has 12 heteroatoms. The van der Waals surface area contributed by atoms with Gasteiger partial charge in [0, 0.05) is 67.4 Å². The Balaban J connectivity index is 1.16. The van der Waals surface area contributed by atoms with Crippen LogP contribution in [-0.2, 0) is 22.6 Å². The van der Waals surface area contributed by atoms with E-state index in [2.05, 4.69) is 58.7 Å². The molecule has 2 atom stereocenters. The molecular weight excluding hydrogens is 640 g/mol. The Hall–Kier alpha value is -4.40. The Labute approximate surface area is 292 Å². The Bertz CT molecular complexity index is 1800. The average Bonchev–Trinajstić information content (AvgIpc) is 3.72. The van der Waals surface area contributed by atoms with Gasteiger partial charge in [0.2, 0.25) is 5.91 Å². The Morgan fingerprint density at radius 1 is 1.04 bits per heavy atom. The molecule has 0 saturated carbocycles. The number of carbonyl (C=O) groups excluding carboxylic acids is 2. The molecule has 2 amide bonds. The minimum Gasteiger partial charge on any atom is -0.462 e. The summed E-state index contributed by atoms with van der Waals surface area (Å²) >= 11 is 6.73. The van der Waals surface area contributed by atoms with E-state index in [-0.39, 0.29) is 30.8 Å². The number of carbonyl (C=O) groups is 2. The van der Waals surface area contributed by atoms with Crippen LogP contribution in [0.2, 0.25) is 5.02 Å². The molecule has 0 unspecified atom stereocenters.